The van der Waals surface area contributed by atoms with Crippen molar-refractivity contribution < 1.29 is 0 Å². The van der Waals surface area contributed by atoms with Crippen LogP contribution in [0.25, 0.3) is 0 Å². The van der Waals surface area contributed by atoms with E-state index in [0.717, 1.165) is 42.7 Å². The molecular weight excluding hydrogens is 312 g/mol. The SMILES string of the molecule is Cc1nc(NCc2ccccc2)cc(C2CCN2c2cnccn2)n1. The standard InChI is InChI=1S/C19H20N6/c1-14-23-16(17-7-10-25(17)19-13-20-8-9-21-19)11-18(24-14)22-12-15-5-3-2-4-6-15/h2-6,8-9,11,13,17H,7,10,12H2,1H3,(H,22,23,24). The average Bonchev–Trinajstić information content (AvgIpc) is 2.60. The van der Waals surface area contributed by atoms with E-state index in [9.17, 15) is 0 Å². The predicted octanol–water partition coefficient (Wildman–Crippen LogP) is 3.14. The van der Waals surface area contributed by atoms with Gasteiger partial charge in [-0.2, -0.15) is 0 Å². The summed E-state index contributed by atoms with van der Waals surface area (Å²) in [6.07, 6.45) is 6.28. The summed E-state index contributed by atoms with van der Waals surface area (Å²) >= 11 is 0. The molecule has 2 aromatic heterocycles. The van der Waals surface area contributed by atoms with Crippen LogP contribution in [0.5, 0.6) is 0 Å². The highest BCUT2D eigenvalue weighted by atomic mass is 15.3. The maximum absolute atomic E-state index is 4.65. The predicted molar refractivity (Wildman–Crippen MR) is 97.3 cm³/mol. The maximum Gasteiger partial charge on any atom is 0.147 e. The molecule has 1 atom stereocenters. The highest BCUT2D eigenvalue weighted by Gasteiger charge is 2.32. The third kappa shape index (κ3) is 3.42. The molecule has 0 bridgehead atoms. The quantitative estimate of drug-likeness (QED) is 0.774. The lowest BCUT2D eigenvalue weighted by Crippen LogP contribution is -2.42. The molecule has 1 N–H and O–H groups in total. The van der Waals surface area contributed by atoms with Crippen LogP contribution in [0.4, 0.5) is 11.6 Å². The lowest BCUT2D eigenvalue weighted by molar-refractivity contribution is 0.449. The number of hydrogen-bond acceptors (Lipinski definition) is 6. The second-order valence-electron chi connectivity index (χ2n) is 6.13. The van der Waals surface area contributed by atoms with Gasteiger partial charge in [0.25, 0.3) is 0 Å². The molecule has 0 aliphatic carbocycles. The normalized spacial score (nSPS) is 16.4. The smallest absolute Gasteiger partial charge is 0.147 e. The zero-order chi connectivity index (χ0) is 17.1. The molecule has 3 heterocycles. The zero-order valence-electron chi connectivity index (χ0n) is 14.1. The van der Waals surface area contributed by atoms with Gasteiger partial charge in [-0.1, -0.05) is 30.3 Å². The molecule has 1 aliphatic heterocycles. The van der Waals surface area contributed by atoms with Crippen LogP contribution in [-0.4, -0.2) is 26.5 Å². The number of nitrogens with zero attached hydrogens (tertiary/aromatic N) is 5. The van der Waals surface area contributed by atoms with Crippen molar-refractivity contribution in [2.45, 2.75) is 25.9 Å². The van der Waals surface area contributed by atoms with Crippen LogP contribution in [0, 0.1) is 6.92 Å². The molecular formula is C19H20N6. The van der Waals surface area contributed by atoms with E-state index in [1.54, 1.807) is 18.6 Å². The summed E-state index contributed by atoms with van der Waals surface area (Å²) in [5, 5.41) is 3.40. The highest BCUT2D eigenvalue weighted by molar-refractivity contribution is 5.46. The van der Waals surface area contributed by atoms with Crippen molar-refractivity contribution in [1.29, 1.82) is 0 Å². The van der Waals surface area contributed by atoms with Gasteiger partial charge in [-0.3, -0.25) is 4.98 Å². The molecule has 126 valence electrons. The van der Waals surface area contributed by atoms with E-state index in [-0.39, 0.29) is 6.04 Å². The summed E-state index contributed by atoms with van der Waals surface area (Å²) in [7, 11) is 0. The van der Waals surface area contributed by atoms with Gasteiger partial charge in [-0.15, -0.1) is 0 Å². The summed E-state index contributed by atoms with van der Waals surface area (Å²) < 4.78 is 0. The largest absolute Gasteiger partial charge is 0.366 e. The van der Waals surface area contributed by atoms with Crippen LogP contribution in [0.1, 0.15) is 29.5 Å². The van der Waals surface area contributed by atoms with Gasteiger partial charge in [-0.05, 0) is 18.9 Å². The molecule has 1 aliphatic rings. The van der Waals surface area contributed by atoms with Gasteiger partial charge in [-0.25, -0.2) is 15.0 Å². The lowest BCUT2D eigenvalue weighted by atomic mass is 9.99. The average molecular weight is 332 g/mol. The molecule has 6 nitrogen and oxygen atoms in total. The van der Waals surface area contributed by atoms with Gasteiger partial charge in [0.2, 0.25) is 0 Å². The first-order chi connectivity index (χ1) is 12.3. The van der Waals surface area contributed by atoms with Crippen LogP contribution < -0.4 is 10.2 Å². The molecule has 1 fully saturated rings. The Morgan fingerprint density at radius 1 is 1.16 bits per heavy atom. The number of nitrogens with one attached hydrogen (secondary N) is 1. The lowest BCUT2D eigenvalue weighted by Gasteiger charge is -2.41. The van der Waals surface area contributed by atoms with E-state index in [1.807, 2.05) is 31.2 Å². The Bertz CT molecular complexity index is 837. The highest BCUT2D eigenvalue weighted by Crippen LogP contribution is 2.35. The molecule has 1 unspecified atom stereocenters. The van der Waals surface area contributed by atoms with Gasteiger partial charge in [0.1, 0.15) is 17.5 Å². The van der Waals surface area contributed by atoms with Gasteiger partial charge < -0.3 is 10.2 Å². The summed E-state index contributed by atoms with van der Waals surface area (Å²) in [6, 6.07) is 12.6. The van der Waals surface area contributed by atoms with Crippen molar-refractivity contribution >= 4 is 11.6 Å². The van der Waals surface area contributed by atoms with Gasteiger partial charge in [0.15, 0.2) is 0 Å². The summed E-state index contributed by atoms with van der Waals surface area (Å²) in [5.41, 5.74) is 2.25. The maximum atomic E-state index is 4.65. The summed E-state index contributed by atoms with van der Waals surface area (Å²) in [4.78, 5) is 20.0. The first-order valence-corrected chi connectivity index (χ1v) is 8.45. The van der Waals surface area contributed by atoms with Crippen molar-refractivity contribution in [2.75, 3.05) is 16.8 Å². The van der Waals surface area contributed by atoms with Gasteiger partial charge in [0.05, 0.1) is 17.9 Å². The molecule has 0 saturated carbocycles. The fourth-order valence-corrected chi connectivity index (χ4v) is 3.05. The van der Waals surface area contributed by atoms with Gasteiger partial charge in [0, 0.05) is 31.5 Å². The molecule has 6 heteroatoms. The minimum Gasteiger partial charge on any atom is -0.366 e. The third-order valence-electron chi connectivity index (χ3n) is 4.38. The van der Waals surface area contributed by atoms with Crippen LogP contribution in [0.3, 0.4) is 0 Å². The molecule has 25 heavy (non-hydrogen) atoms. The Labute approximate surface area is 147 Å². The Balaban J connectivity index is 1.52. The van der Waals surface area contributed by atoms with E-state index < -0.39 is 0 Å². The van der Waals surface area contributed by atoms with Crippen LogP contribution in [-0.2, 0) is 6.54 Å². The van der Waals surface area contributed by atoms with E-state index >= 15 is 0 Å². The molecule has 0 radical (unpaired) electrons. The van der Waals surface area contributed by atoms with Crippen molar-refractivity contribution in [2.24, 2.45) is 0 Å². The van der Waals surface area contributed by atoms with E-state index in [4.69, 9.17) is 0 Å². The second-order valence-corrected chi connectivity index (χ2v) is 6.13. The van der Waals surface area contributed by atoms with E-state index in [1.165, 1.54) is 5.56 Å². The molecule has 1 saturated heterocycles. The topological polar surface area (TPSA) is 66.8 Å². The third-order valence-corrected chi connectivity index (χ3v) is 4.38. The second kappa shape index (κ2) is 6.84. The fourth-order valence-electron chi connectivity index (χ4n) is 3.05. The van der Waals surface area contributed by atoms with Crippen LogP contribution in [0.2, 0.25) is 0 Å². The number of aromatic nitrogens is 4. The van der Waals surface area contributed by atoms with Crippen molar-refractivity contribution in [3.63, 3.8) is 0 Å². The molecule has 0 spiro atoms. The first kappa shape index (κ1) is 15.5. The molecule has 4 rings (SSSR count). The Kier molecular flexibility index (Phi) is 4.24. The molecule has 1 aromatic carbocycles. The summed E-state index contributed by atoms with van der Waals surface area (Å²) in [5.74, 6) is 2.53. The van der Waals surface area contributed by atoms with Crippen LogP contribution >= 0.6 is 0 Å². The molecule has 0 amide bonds. The monoisotopic (exact) mass is 332 g/mol. The first-order valence-electron chi connectivity index (χ1n) is 8.45. The van der Waals surface area contributed by atoms with Gasteiger partial charge >= 0.3 is 0 Å². The Morgan fingerprint density at radius 2 is 2.04 bits per heavy atom. The number of aryl methyl sites for hydroxylation is 1. The minimum absolute atomic E-state index is 0.232. The fraction of sp³-hybridized carbons (Fsp3) is 0.263. The number of benzene rings is 1. The molecule has 3 aromatic rings. The number of anilines is 2. The van der Waals surface area contributed by atoms with E-state index in [2.05, 4.69) is 42.3 Å². The van der Waals surface area contributed by atoms with Crippen molar-refractivity contribution in [3.8, 4) is 0 Å². The zero-order valence-corrected chi connectivity index (χ0v) is 14.1. The van der Waals surface area contributed by atoms with Crippen molar-refractivity contribution in [1.82, 2.24) is 19.9 Å². The Hall–Kier alpha value is -3.02. The van der Waals surface area contributed by atoms with Crippen LogP contribution in [0.15, 0.2) is 55.0 Å². The minimum atomic E-state index is 0.232. The number of hydrogen-bond donors (Lipinski definition) is 1. The Morgan fingerprint density at radius 3 is 2.76 bits per heavy atom. The van der Waals surface area contributed by atoms with E-state index in [0.29, 0.717) is 0 Å². The summed E-state index contributed by atoms with van der Waals surface area (Å²) in [6.45, 7) is 3.65. The van der Waals surface area contributed by atoms with Crippen molar-refractivity contribution in [3.05, 3.63) is 72.1 Å². The number of rotatable bonds is 5.